The van der Waals surface area contributed by atoms with Gasteiger partial charge in [-0.05, 0) is 11.4 Å². The van der Waals surface area contributed by atoms with Gasteiger partial charge in [-0.2, -0.15) is 0 Å². The van der Waals surface area contributed by atoms with Gasteiger partial charge in [-0.3, -0.25) is 0 Å². The third-order valence-corrected chi connectivity index (χ3v) is 5.84. The lowest BCUT2D eigenvalue weighted by atomic mass is 10.3. The Morgan fingerprint density at radius 3 is 2.88 bits per heavy atom. The molecule has 0 saturated carbocycles. The zero-order valence-electron chi connectivity index (χ0n) is 10.4. The van der Waals surface area contributed by atoms with Crippen molar-refractivity contribution in [3.63, 3.8) is 0 Å². The van der Waals surface area contributed by atoms with Crippen LogP contribution in [0, 0.1) is 0 Å². The van der Waals surface area contributed by atoms with Gasteiger partial charge in [0.25, 0.3) is 0 Å². The molecule has 0 spiro atoms. The van der Waals surface area contributed by atoms with E-state index in [2.05, 4.69) is 53.3 Å². The maximum atomic E-state index is 3.61. The number of hydrogen-bond acceptors (Lipinski definition) is 2. The summed E-state index contributed by atoms with van der Waals surface area (Å²) in [4.78, 5) is 1.52. The molecule has 1 aliphatic rings. The van der Waals surface area contributed by atoms with Crippen molar-refractivity contribution in [2.24, 2.45) is 0 Å². The molecule has 0 bridgehead atoms. The van der Waals surface area contributed by atoms with Crippen molar-refractivity contribution in [2.75, 3.05) is 24.3 Å². The molecule has 0 amide bonds. The highest BCUT2D eigenvalue weighted by Crippen LogP contribution is 2.35. The van der Waals surface area contributed by atoms with Crippen LogP contribution in [0.1, 0.15) is 11.0 Å². The largest absolute Gasteiger partial charge is 0.418 e. The summed E-state index contributed by atoms with van der Waals surface area (Å²) in [6, 6.07) is 4.46. The van der Waals surface area contributed by atoms with Crippen LogP contribution in [0.4, 0.5) is 0 Å². The molecule has 1 aromatic heterocycles. The summed E-state index contributed by atoms with van der Waals surface area (Å²) < 4.78 is 3.61. The number of hydrogen-bond donors (Lipinski definition) is 0. The lowest BCUT2D eigenvalue weighted by Crippen LogP contribution is -2.40. The predicted octanol–water partition coefficient (Wildman–Crippen LogP) is 3.97. The molecule has 0 unspecified atom stereocenters. The minimum Gasteiger partial charge on any atom is -0.418 e. The Kier molecular flexibility index (Phi) is 4.16. The van der Waals surface area contributed by atoms with Gasteiger partial charge in [-0.25, -0.2) is 0 Å². The van der Waals surface area contributed by atoms with Gasteiger partial charge in [0, 0.05) is 0 Å². The summed E-state index contributed by atoms with van der Waals surface area (Å²) in [6.45, 7) is 8.55. The molecule has 0 aromatic carbocycles. The van der Waals surface area contributed by atoms with E-state index in [4.69, 9.17) is 0 Å². The molecule has 2 heterocycles. The van der Waals surface area contributed by atoms with Crippen molar-refractivity contribution < 1.29 is 4.37 Å². The molecular formula is C12H21OS2Si+. The average molecular weight is 274 g/mol. The summed E-state index contributed by atoms with van der Waals surface area (Å²) in [5, 5.41) is 2.20. The van der Waals surface area contributed by atoms with Crippen LogP contribution in [-0.2, 0) is 4.37 Å². The van der Waals surface area contributed by atoms with E-state index in [-0.39, 0.29) is 0 Å². The molecule has 1 atom stereocenters. The van der Waals surface area contributed by atoms with Gasteiger partial charge in [0.15, 0.2) is 12.7 Å². The van der Waals surface area contributed by atoms with Crippen LogP contribution in [0.5, 0.6) is 0 Å². The lowest BCUT2D eigenvalue weighted by Gasteiger charge is -2.34. The Labute approximate surface area is 108 Å². The first kappa shape index (κ1) is 12.7. The first-order chi connectivity index (χ1) is 7.56. The van der Waals surface area contributed by atoms with E-state index in [0.717, 1.165) is 0 Å². The fourth-order valence-electron chi connectivity index (χ4n) is 2.04. The van der Waals surface area contributed by atoms with Crippen LogP contribution >= 0.6 is 23.1 Å². The monoisotopic (exact) mass is 273 g/mol. The van der Waals surface area contributed by atoms with Crippen molar-refractivity contribution in [3.05, 3.63) is 22.4 Å². The van der Waals surface area contributed by atoms with Gasteiger partial charge >= 0.3 is 0 Å². The van der Waals surface area contributed by atoms with Crippen LogP contribution in [0.15, 0.2) is 17.5 Å². The predicted molar refractivity (Wildman–Crippen MR) is 78.6 cm³/mol. The molecule has 1 fully saturated rings. The van der Waals surface area contributed by atoms with Crippen molar-refractivity contribution in [1.29, 1.82) is 0 Å². The zero-order valence-corrected chi connectivity index (χ0v) is 13.0. The Morgan fingerprint density at radius 2 is 2.25 bits per heavy atom. The number of thioether (sulfide) groups is 1. The highest BCUT2D eigenvalue weighted by Gasteiger charge is 2.34. The van der Waals surface area contributed by atoms with E-state index in [1.165, 1.54) is 29.2 Å². The summed E-state index contributed by atoms with van der Waals surface area (Å²) >= 11 is 3.99. The topological polar surface area (TPSA) is 2.70 Å². The molecule has 90 valence electrons. The summed E-state index contributed by atoms with van der Waals surface area (Å²) in [7, 11) is -1.01. The van der Waals surface area contributed by atoms with E-state index >= 15 is 0 Å². The molecule has 4 heteroatoms. The second kappa shape index (κ2) is 5.25. The quantitative estimate of drug-likeness (QED) is 0.595. The Morgan fingerprint density at radius 1 is 1.44 bits per heavy atom. The Hall–Kier alpha value is 0.227. The average Bonchev–Trinajstić information content (AvgIpc) is 2.69. The van der Waals surface area contributed by atoms with Crippen LogP contribution in [0.3, 0.4) is 0 Å². The lowest BCUT2D eigenvalue weighted by molar-refractivity contribution is -0.160. The molecular weight excluding hydrogens is 252 g/mol. The molecule has 1 aromatic rings. The smallest absolute Gasteiger partial charge is 0.200 e. The maximum absolute atomic E-state index is 3.61. The summed E-state index contributed by atoms with van der Waals surface area (Å²) in [5.41, 5.74) is 0. The molecule has 1 saturated heterocycles. The molecule has 2 rings (SSSR count). The normalized spacial score (nSPS) is 23.6. The number of thiophene rings is 1. The highest BCUT2D eigenvalue weighted by atomic mass is 32.2. The van der Waals surface area contributed by atoms with E-state index in [1.807, 2.05) is 11.3 Å². The molecule has 1 nitrogen and oxygen atoms in total. The number of rotatable bonds is 3. The first-order valence-corrected chi connectivity index (χ1v) is 11.6. The minimum atomic E-state index is -1.01. The van der Waals surface area contributed by atoms with Crippen LogP contribution in [0.25, 0.3) is 0 Å². The van der Waals surface area contributed by atoms with Crippen LogP contribution < -0.4 is 0 Å². The molecule has 0 aliphatic carbocycles. The van der Waals surface area contributed by atoms with Crippen LogP contribution in [-0.4, -0.2) is 32.4 Å². The molecule has 0 N–H and O–H groups in total. The second-order valence-electron chi connectivity index (χ2n) is 5.53. The third kappa shape index (κ3) is 3.36. The fourth-order valence-corrected chi connectivity index (χ4v) is 5.54. The van der Waals surface area contributed by atoms with E-state index in [1.54, 1.807) is 0 Å². The zero-order chi connectivity index (χ0) is 11.6. The van der Waals surface area contributed by atoms with Crippen molar-refractivity contribution >= 4 is 31.2 Å². The standard InChI is InChI=1S/C12H21OS2Si/c1-16(2,3)10-13-6-8-14-9-11(13)12-5-4-7-15-12/h4-5,7,11H,6,8-10H2,1-3H3/q+1/t11-/m1/s1. The Bertz CT molecular complexity index is 318. The second-order valence-corrected chi connectivity index (χ2v) is 13.1. The van der Waals surface area contributed by atoms with Gasteiger partial charge in [0.05, 0.1) is 16.4 Å². The van der Waals surface area contributed by atoms with Gasteiger partial charge in [0.2, 0.25) is 0 Å². The maximum Gasteiger partial charge on any atom is 0.200 e. The van der Waals surface area contributed by atoms with Gasteiger partial charge in [0.1, 0.15) is 14.3 Å². The van der Waals surface area contributed by atoms with Gasteiger partial charge in [-0.15, -0.1) is 23.1 Å². The van der Waals surface area contributed by atoms with Gasteiger partial charge in [-0.1, -0.05) is 25.7 Å². The van der Waals surface area contributed by atoms with E-state index in [9.17, 15) is 0 Å². The van der Waals surface area contributed by atoms with Crippen molar-refractivity contribution in [3.8, 4) is 0 Å². The summed E-state index contributed by atoms with van der Waals surface area (Å²) in [5.74, 6) is 2.52. The first-order valence-electron chi connectivity index (χ1n) is 5.84. The molecule has 16 heavy (non-hydrogen) atoms. The van der Waals surface area contributed by atoms with E-state index in [0.29, 0.717) is 6.10 Å². The van der Waals surface area contributed by atoms with Crippen molar-refractivity contribution in [1.82, 2.24) is 0 Å². The summed E-state index contributed by atoms with van der Waals surface area (Å²) in [6.07, 6.45) is 1.86. The van der Waals surface area contributed by atoms with Crippen LogP contribution in [0.2, 0.25) is 19.6 Å². The minimum absolute atomic E-state index is 0.602. The molecule has 0 radical (unpaired) electrons. The third-order valence-electron chi connectivity index (χ3n) is 2.64. The highest BCUT2D eigenvalue weighted by molar-refractivity contribution is 7.99. The van der Waals surface area contributed by atoms with Crippen molar-refractivity contribution in [2.45, 2.75) is 25.7 Å². The van der Waals surface area contributed by atoms with Gasteiger partial charge < -0.3 is 4.37 Å². The Balaban J connectivity index is 2.08. The SMILES string of the molecule is C[Si](C)(C)C[O+]1CCSC[C@@H]1c1cccs1. The van der Waals surface area contributed by atoms with E-state index < -0.39 is 8.07 Å². The fraction of sp³-hybridized carbons (Fsp3) is 0.667. The molecule has 1 aliphatic heterocycles.